The van der Waals surface area contributed by atoms with Gasteiger partial charge in [0, 0.05) is 11.3 Å². The van der Waals surface area contributed by atoms with Crippen LogP contribution in [0, 0.1) is 18.3 Å². The highest BCUT2D eigenvalue weighted by atomic mass is 19.4. The van der Waals surface area contributed by atoms with Crippen LogP contribution in [0.4, 0.5) is 13.2 Å². The fourth-order valence-corrected chi connectivity index (χ4v) is 1.24. The number of aliphatic hydroxyl groups excluding tert-OH is 2. The van der Waals surface area contributed by atoms with E-state index in [1.54, 1.807) is 0 Å². The zero-order valence-corrected chi connectivity index (χ0v) is 8.08. The zero-order chi connectivity index (χ0) is 12.5. The highest BCUT2D eigenvalue weighted by Crippen LogP contribution is 2.35. The van der Waals surface area contributed by atoms with Crippen molar-refractivity contribution in [1.82, 2.24) is 10.2 Å². The number of nitrogens with zero attached hydrogens (tertiary/aromatic N) is 2. The molecule has 0 aromatic carbocycles. The van der Waals surface area contributed by atoms with Gasteiger partial charge in [0.25, 0.3) is 0 Å². The molecule has 0 radical (unpaired) electrons. The first-order valence-electron chi connectivity index (χ1n) is 4.16. The summed E-state index contributed by atoms with van der Waals surface area (Å²) in [5.74, 6) is 0. The first kappa shape index (κ1) is 12.5. The number of nitriles is 1. The van der Waals surface area contributed by atoms with Crippen molar-refractivity contribution in [2.24, 2.45) is 0 Å². The molecule has 0 aliphatic heterocycles. The predicted octanol–water partition coefficient (Wildman–Crippen LogP) is 0.655. The number of rotatable bonds is 2. The van der Waals surface area contributed by atoms with E-state index in [2.05, 4.69) is 10.2 Å². The molecule has 1 heterocycles. The van der Waals surface area contributed by atoms with Gasteiger partial charge in [-0.25, -0.2) is 0 Å². The van der Waals surface area contributed by atoms with Gasteiger partial charge < -0.3 is 10.2 Å². The number of nitrogens with one attached hydrogen (secondary N) is 1. The number of hydrogen-bond donors (Lipinski definition) is 3. The number of H-pyrrole nitrogens is 1. The lowest BCUT2D eigenvalue weighted by molar-refractivity contribution is -0.143. The second kappa shape index (κ2) is 4.11. The first-order valence-corrected chi connectivity index (χ1v) is 4.16. The van der Waals surface area contributed by atoms with Gasteiger partial charge >= 0.3 is 6.18 Å². The molecule has 2 unspecified atom stereocenters. The van der Waals surface area contributed by atoms with E-state index in [0.717, 1.165) is 0 Å². The van der Waals surface area contributed by atoms with Gasteiger partial charge in [-0.05, 0) is 6.92 Å². The molecule has 0 saturated carbocycles. The average Bonchev–Trinajstić information content (AvgIpc) is 2.57. The van der Waals surface area contributed by atoms with Crippen LogP contribution in [-0.2, 0) is 6.18 Å². The third kappa shape index (κ3) is 2.15. The maximum atomic E-state index is 12.4. The van der Waals surface area contributed by atoms with E-state index in [-0.39, 0.29) is 5.69 Å². The van der Waals surface area contributed by atoms with Crippen LogP contribution in [0.1, 0.15) is 23.1 Å². The van der Waals surface area contributed by atoms with Crippen LogP contribution in [0.5, 0.6) is 0 Å². The van der Waals surface area contributed by atoms with Crippen LogP contribution in [0.15, 0.2) is 0 Å². The first-order chi connectivity index (χ1) is 7.29. The summed E-state index contributed by atoms with van der Waals surface area (Å²) in [4.78, 5) is 0. The lowest BCUT2D eigenvalue weighted by Crippen LogP contribution is -2.20. The molecule has 0 bridgehead atoms. The van der Waals surface area contributed by atoms with Crippen molar-refractivity contribution in [2.75, 3.05) is 0 Å². The van der Waals surface area contributed by atoms with Crippen LogP contribution >= 0.6 is 0 Å². The van der Waals surface area contributed by atoms with E-state index in [1.807, 2.05) is 0 Å². The molecular weight excluding hydrogens is 227 g/mol. The van der Waals surface area contributed by atoms with Crippen LogP contribution in [-0.4, -0.2) is 26.5 Å². The van der Waals surface area contributed by atoms with Crippen LogP contribution in [0.25, 0.3) is 0 Å². The summed E-state index contributed by atoms with van der Waals surface area (Å²) in [7, 11) is 0. The van der Waals surface area contributed by atoms with E-state index in [0.29, 0.717) is 0 Å². The minimum atomic E-state index is -4.75. The molecule has 0 amide bonds. The van der Waals surface area contributed by atoms with E-state index in [9.17, 15) is 18.3 Å². The van der Waals surface area contributed by atoms with Gasteiger partial charge in [-0.1, -0.05) is 0 Å². The van der Waals surface area contributed by atoms with Gasteiger partial charge in [-0.15, -0.1) is 0 Å². The van der Waals surface area contributed by atoms with Gasteiger partial charge in [-0.3, -0.25) is 5.10 Å². The molecule has 0 aliphatic carbocycles. The standard InChI is InChI=1S/C8H8F3N3O2/c1-3-5(6(16)4(15)2-12)7(14-13-3)8(9,10)11/h4,6,15-16H,1H3,(H,13,14). The van der Waals surface area contributed by atoms with Crippen molar-refractivity contribution < 1.29 is 23.4 Å². The molecular formula is C8H8F3N3O2. The van der Waals surface area contributed by atoms with Gasteiger partial charge in [0.15, 0.2) is 11.8 Å². The topological polar surface area (TPSA) is 92.9 Å². The highest BCUT2D eigenvalue weighted by molar-refractivity contribution is 5.30. The summed E-state index contributed by atoms with van der Waals surface area (Å²) >= 11 is 0. The van der Waals surface area contributed by atoms with Gasteiger partial charge in [0.1, 0.15) is 6.10 Å². The number of hydrogen-bond acceptors (Lipinski definition) is 4. The molecule has 1 rings (SSSR count). The Morgan fingerprint density at radius 1 is 1.44 bits per heavy atom. The second-order valence-electron chi connectivity index (χ2n) is 3.13. The Balaban J connectivity index is 3.23. The molecule has 1 aromatic heterocycles. The summed E-state index contributed by atoms with van der Waals surface area (Å²) < 4.78 is 37.3. The molecule has 2 atom stereocenters. The Morgan fingerprint density at radius 2 is 2.00 bits per heavy atom. The Bertz CT molecular complexity index is 421. The zero-order valence-electron chi connectivity index (χ0n) is 8.08. The Labute approximate surface area is 88.1 Å². The second-order valence-corrected chi connectivity index (χ2v) is 3.13. The summed E-state index contributed by atoms with van der Waals surface area (Å²) in [6, 6.07) is 1.26. The number of aryl methyl sites for hydroxylation is 1. The van der Waals surface area contributed by atoms with E-state index >= 15 is 0 Å². The van der Waals surface area contributed by atoms with Crippen LogP contribution in [0.3, 0.4) is 0 Å². The predicted molar refractivity (Wildman–Crippen MR) is 44.9 cm³/mol. The quantitative estimate of drug-likeness (QED) is 0.656. The molecule has 0 fully saturated rings. The Kier molecular flexibility index (Phi) is 3.21. The SMILES string of the molecule is Cc1[nH]nc(C(F)(F)F)c1C(O)C(O)C#N. The summed E-state index contributed by atoms with van der Waals surface area (Å²) in [5, 5.41) is 31.7. The highest BCUT2D eigenvalue weighted by Gasteiger charge is 2.40. The van der Waals surface area contributed by atoms with E-state index in [4.69, 9.17) is 10.4 Å². The van der Waals surface area contributed by atoms with Gasteiger partial charge in [-0.2, -0.15) is 23.5 Å². The number of aliphatic hydroxyl groups is 2. The summed E-state index contributed by atoms with van der Waals surface area (Å²) in [6.07, 6.45) is -8.63. The van der Waals surface area contributed by atoms with Crippen LogP contribution < -0.4 is 0 Å². The summed E-state index contributed by atoms with van der Waals surface area (Å²) in [6.45, 7) is 1.25. The average molecular weight is 235 g/mol. The minimum Gasteiger partial charge on any atom is -0.384 e. The fourth-order valence-electron chi connectivity index (χ4n) is 1.24. The van der Waals surface area contributed by atoms with Crippen molar-refractivity contribution in [3.63, 3.8) is 0 Å². The van der Waals surface area contributed by atoms with Crippen molar-refractivity contribution in [2.45, 2.75) is 25.3 Å². The Morgan fingerprint density at radius 3 is 2.44 bits per heavy atom. The molecule has 16 heavy (non-hydrogen) atoms. The van der Waals surface area contributed by atoms with Crippen molar-refractivity contribution in [1.29, 1.82) is 5.26 Å². The lowest BCUT2D eigenvalue weighted by Gasteiger charge is -2.14. The van der Waals surface area contributed by atoms with Crippen molar-refractivity contribution >= 4 is 0 Å². The molecule has 5 nitrogen and oxygen atoms in total. The third-order valence-corrected chi connectivity index (χ3v) is 1.99. The maximum absolute atomic E-state index is 12.4. The van der Waals surface area contributed by atoms with E-state index in [1.165, 1.54) is 13.0 Å². The maximum Gasteiger partial charge on any atom is 0.435 e. The smallest absolute Gasteiger partial charge is 0.384 e. The molecule has 88 valence electrons. The lowest BCUT2D eigenvalue weighted by atomic mass is 10.0. The fraction of sp³-hybridized carbons (Fsp3) is 0.500. The van der Waals surface area contributed by atoms with Crippen molar-refractivity contribution in [3.05, 3.63) is 17.0 Å². The largest absolute Gasteiger partial charge is 0.435 e. The van der Waals surface area contributed by atoms with Gasteiger partial charge in [0.05, 0.1) is 6.07 Å². The molecule has 0 aliphatic rings. The minimum absolute atomic E-state index is 0.0471. The number of aromatic nitrogens is 2. The third-order valence-electron chi connectivity index (χ3n) is 1.99. The summed E-state index contributed by atoms with van der Waals surface area (Å²) in [5.41, 5.74) is -1.98. The molecule has 0 saturated heterocycles. The molecule has 0 spiro atoms. The van der Waals surface area contributed by atoms with E-state index < -0.39 is 29.6 Å². The molecule has 8 heteroatoms. The monoisotopic (exact) mass is 235 g/mol. The number of aromatic amines is 1. The van der Waals surface area contributed by atoms with Gasteiger partial charge in [0.2, 0.25) is 0 Å². The van der Waals surface area contributed by atoms with Crippen LogP contribution in [0.2, 0.25) is 0 Å². The number of halogens is 3. The normalized spacial score (nSPS) is 15.6. The number of alkyl halides is 3. The van der Waals surface area contributed by atoms with Crippen molar-refractivity contribution in [3.8, 4) is 6.07 Å². The molecule has 1 aromatic rings. The Hall–Kier alpha value is -1.59. The molecule has 3 N–H and O–H groups in total.